The molecule has 2 aliphatic rings. The Balaban J connectivity index is 0.00000110. The Labute approximate surface area is 152 Å². The zero-order valence-electron chi connectivity index (χ0n) is 12.4. The standard InChI is InChI=1S/C17H17Si.2ClH.Ti/c1-12-7-6-10-14(12)16-11-13-8-4-5-9-15(13)17(16)18(2)3;;;/h4-9H,10H2,1-3H3;2*1H;/q;;;+2/p-2. The molecule has 0 fully saturated rings. The van der Waals surface area contributed by atoms with Crippen LogP contribution in [0.15, 0.2) is 53.1 Å². The monoisotopic (exact) mass is 367 g/mol. The largest absolute Gasteiger partial charge is 1.00 e. The molecule has 0 atom stereocenters. The fourth-order valence-corrected chi connectivity index (χ4v) is 5.55. The summed E-state index contributed by atoms with van der Waals surface area (Å²) in [5, 5.41) is 1.64. The number of hydrogen-bond donors (Lipinski definition) is 0. The van der Waals surface area contributed by atoms with Crippen LogP contribution in [0.2, 0.25) is 13.1 Å². The van der Waals surface area contributed by atoms with Gasteiger partial charge in [0.15, 0.2) is 0 Å². The van der Waals surface area contributed by atoms with Crippen LogP contribution in [0.1, 0.15) is 24.5 Å². The summed E-state index contributed by atoms with van der Waals surface area (Å²) in [4.78, 5) is 0. The average molecular weight is 368 g/mol. The second-order valence-corrected chi connectivity index (χ2v) is 8.72. The van der Waals surface area contributed by atoms with Crippen molar-refractivity contribution in [2.45, 2.75) is 26.4 Å². The van der Waals surface area contributed by atoms with Crippen LogP contribution >= 0.6 is 0 Å². The molecule has 0 saturated heterocycles. The number of hydrogen-bond acceptors (Lipinski definition) is 0. The van der Waals surface area contributed by atoms with Crippen LogP contribution in [0.4, 0.5) is 0 Å². The van der Waals surface area contributed by atoms with Gasteiger partial charge in [-0.2, -0.15) is 0 Å². The van der Waals surface area contributed by atoms with Gasteiger partial charge >= 0.3 is 129 Å². The summed E-state index contributed by atoms with van der Waals surface area (Å²) in [6.45, 7) is 7.07. The van der Waals surface area contributed by atoms with Crippen LogP contribution in [0.25, 0.3) is 3.88 Å². The van der Waals surface area contributed by atoms with Gasteiger partial charge in [-0.3, -0.25) is 0 Å². The summed E-state index contributed by atoms with van der Waals surface area (Å²) in [6.07, 6.45) is 5.67. The molecule has 4 heteroatoms. The van der Waals surface area contributed by atoms with Gasteiger partial charge in [0, 0.05) is 0 Å². The second-order valence-electron chi connectivity index (χ2n) is 5.44. The zero-order valence-corrected chi connectivity index (χ0v) is 16.5. The number of allylic oxidation sites excluding steroid dienone is 5. The van der Waals surface area contributed by atoms with Crippen molar-refractivity contribution in [3.05, 3.63) is 64.3 Å². The number of rotatable bonds is 1. The predicted molar refractivity (Wildman–Crippen MR) is 81.4 cm³/mol. The fourth-order valence-electron chi connectivity index (χ4n) is 3.05. The molecule has 21 heavy (non-hydrogen) atoms. The zero-order chi connectivity index (χ0) is 13.6. The smallest absolute Gasteiger partial charge is 1.00 e. The van der Waals surface area contributed by atoms with E-state index in [2.05, 4.69) is 76.9 Å². The first-order chi connectivity index (χ1) is 9.11. The first kappa shape index (κ1) is 18.9. The maximum atomic E-state index is 2.41. The Kier molecular flexibility index (Phi) is 6.64. The summed E-state index contributed by atoms with van der Waals surface area (Å²) in [5.74, 6) is 0. The average Bonchev–Trinajstić information content (AvgIpc) is 2.92. The van der Waals surface area contributed by atoms with E-state index in [9.17, 15) is 0 Å². The molecule has 0 radical (unpaired) electrons. The van der Waals surface area contributed by atoms with E-state index in [-0.39, 0.29) is 24.8 Å². The molecule has 0 saturated carbocycles. The van der Waals surface area contributed by atoms with Crippen LogP contribution in [-0.2, 0) is 20.4 Å². The van der Waals surface area contributed by atoms with E-state index < -0.39 is 8.41 Å². The minimum atomic E-state index is -0.468. The normalized spacial score (nSPS) is 16.0. The molecular formula is C17H17Cl2SiTi. The van der Waals surface area contributed by atoms with Crippen molar-refractivity contribution >= 4 is 17.5 Å². The Morgan fingerprint density at radius 3 is 2.19 bits per heavy atom. The van der Waals surface area contributed by atoms with Gasteiger partial charge in [0.05, 0.1) is 0 Å². The quantitative estimate of drug-likeness (QED) is 0.509. The topological polar surface area (TPSA) is 0 Å². The molecule has 2 aliphatic carbocycles. The van der Waals surface area contributed by atoms with Crippen molar-refractivity contribution in [1.29, 1.82) is 0 Å². The van der Waals surface area contributed by atoms with Gasteiger partial charge in [0.2, 0.25) is 0 Å². The number of benzene rings is 1. The summed E-state index contributed by atoms with van der Waals surface area (Å²) in [6, 6.07) is 8.92. The number of fused-ring (bicyclic) bond motifs is 1. The van der Waals surface area contributed by atoms with Crippen molar-refractivity contribution < 1.29 is 45.2 Å². The van der Waals surface area contributed by atoms with Crippen molar-refractivity contribution in [1.82, 2.24) is 0 Å². The maximum absolute atomic E-state index is 2.41. The van der Waals surface area contributed by atoms with E-state index in [1.807, 2.05) is 0 Å². The minimum absolute atomic E-state index is 0. The van der Waals surface area contributed by atoms with Crippen molar-refractivity contribution in [3.8, 4) is 0 Å². The molecule has 0 heterocycles. The van der Waals surface area contributed by atoms with Crippen molar-refractivity contribution in [3.63, 3.8) is 0 Å². The Morgan fingerprint density at radius 1 is 1.05 bits per heavy atom. The first-order valence-corrected chi connectivity index (χ1v) is 9.99. The SMILES string of the molecule is CC1=C(C2=[C]([Ti+2])c3ccccc3C2=[Si](C)C)CC=C1.[Cl-].[Cl-]. The molecule has 0 aromatic heterocycles. The predicted octanol–water partition coefficient (Wildman–Crippen LogP) is -1.90. The molecule has 0 bridgehead atoms. The first-order valence-electron chi connectivity index (χ1n) is 6.71. The van der Waals surface area contributed by atoms with E-state index in [0.717, 1.165) is 6.42 Å². The molecule has 0 aliphatic heterocycles. The van der Waals surface area contributed by atoms with Gasteiger partial charge in [0.25, 0.3) is 0 Å². The van der Waals surface area contributed by atoms with E-state index in [1.54, 1.807) is 16.3 Å². The van der Waals surface area contributed by atoms with Crippen LogP contribution in [-0.4, -0.2) is 13.6 Å². The van der Waals surface area contributed by atoms with E-state index in [1.165, 1.54) is 20.6 Å². The van der Waals surface area contributed by atoms with Gasteiger partial charge in [-0.1, -0.05) is 0 Å². The van der Waals surface area contributed by atoms with Crippen LogP contribution in [0.3, 0.4) is 0 Å². The molecule has 0 nitrogen and oxygen atoms in total. The molecule has 1 aromatic carbocycles. The summed E-state index contributed by atoms with van der Waals surface area (Å²) in [7, 11) is -0.468. The molecule has 1 aromatic rings. The van der Waals surface area contributed by atoms with Gasteiger partial charge in [-0.05, 0) is 0 Å². The van der Waals surface area contributed by atoms with E-state index in [4.69, 9.17) is 0 Å². The molecule has 0 N–H and O–H groups in total. The third kappa shape index (κ3) is 3.13. The summed E-state index contributed by atoms with van der Waals surface area (Å²) < 4.78 is 1.48. The third-order valence-corrected chi connectivity index (χ3v) is 6.26. The van der Waals surface area contributed by atoms with Crippen LogP contribution in [0, 0.1) is 0 Å². The maximum Gasteiger partial charge on any atom is -1.00 e. The molecule has 0 amide bonds. The second kappa shape index (κ2) is 7.39. The third-order valence-electron chi connectivity index (χ3n) is 3.93. The van der Waals surface area contributed by atoms with E-state index in [0.29, 0.717) is 0 Å². The Bertz CT molecular complexity index is 692. The van der Waals surface area contributed by atoms with Crippen molar-refractivity contribution in [2.24, 2.45) is 0 Å². The molecule has 107 valence electrons. The summed E-state index contributed by atoms with van der Waals surface area (Å²) >= 11 is 2.30. The van der Waals surface area contributed by atoms with Gasteiger partial charge in [-0.15, -0.1) is 0 Å². The fraction of sp³-hybridized carbons (Fsp3) is 0.235. The minimum Gasteiger partial charge on any atom is -1.00 e. The van der Waals surface area contributed by atoms with Gasteiger partial charge in [-0.25, -0.2) is 0 Å². The molecule has 0 unspecified atom stereocenters. The van der Waals surface area contributed by atoms with Gasteiger partial charge < -0.3 is 24.8 Å². The molecule has 0 spiro atoms. The number of halogens is 2. The van der Waals surface area contributed by atoms with E-state index >= 15 is 0 Å². The molecular weight excluding hydrogens is 351 g/mol. The Hall–Kier alpha value is -0.179. The van der Waals surface area contributed by atoms with Crippen molar-refractivity contribution in [2.75, 3.05) is 0 Å². The van der Waals surface area contributed by atoms with Crippen LogP contribution < -0.4 is 24.8 Å². The summed E-state index contributed by atoms with van der Waals surface area (Å²) in [5.41, 5.74) is 7.49. The Morgan fingerprint density at radius 2 is 1.67 bits per heavy atom. The van der Waals surface area contributed by atoms with Crippen LogP contribution in [0.5, 0.6) is 0 Å². The van der Waals surface area contributed by atoms with Gasteiger partial charge in [0.1, 0.15) is 0 Å². The molecule has 3 rings (SSSR count).